The second kappa shape index (κ2) is 6.53. The summed E-state index contributed by atoms with van der Waals surface area (Å²) in [4.78, 5) is 0. The van der Waals surface area contributed by atoms with Gasteiger partial charge in [0.25, 0.3) is 0 Å². The lowest BCUT2D eigenvalue weighted by Gasteiger charge is -2.12. The number of nitrogens with one attached hydrogen (secondary N) is 1. The minimum atomic E-state index is -5.58. The van der Waals surface area contributed by atoms with Crippen LogP contribution in [0.5, 0.6) is 0 Å². The molecule has 17 heavy (non-hydrogen) atoms. The minimum Gasteiger partial charge on any atom is -0.388 e. The Kier molecular flexibility index (Phi) is 6.08. The van der Waals surface area contributed by atoms with Crippen molar-refractivity contribution >= 4 is 10.1 Å². The van der Waals surface area contributed by atoms with Crippen molar-refractivity contribution in [3.8, 4) is 0 Å². The van der Waals surface area contributed by atoms with E-state index in [9.17, 15) is 21.6 Å². The highest BCUT2D eigenvalue weighted by Crippen LogP contribution is 2.27. The topological polar surface area (TPSA) is 55.4 Å². The first-order valence-electron chi connectivity index (χ1n) is 4.78. The number of halogens is 3. The summed E-state index contributed by atoms with van der Waals surface area (Å²) in [6.07, 6.45) is 3.13. The summed E-state index contributed by atoms with van der Waals surface area (Å²) in [7, 11) is -5.58. The first kappa shape index (κ1) is 15.8. The van der Waals surface area contributed by atoms with Crippen LogP contribution in [0.2, 0.25) is 0 Å². The SMILES string of the molecule is C=CNC/C=C(\CCC)OS(=O)(=O)C(F)(F)F. The van der Waals surface area contributed by atoms with Crippen molar-refractivity contribution in [1.29, 1.82) is 0 Å². The Morgan fingerprint density at radius 2 is 2.06 bits per heavy atom. The summed E-state index contributed by atoms with van der Waals surface area (Å²) >= 11 is 0. The minimum absolute atomic E-state index is 0.105. The molecular weight excluding hydrogens is 259 g/mol. The number of hydrogen-bond donors (Lipinski definition) is 1. The molecule has 0 unspecified atom stereocenters. The third-order valence-electron chi connectivity index (χ3n) is 1.59. The van der Waals surface area contributed by atoms with Crippen LogP contribution in [0.4, 0.5) is 13.2 Å². The van der Waals surface area contributed by atoms with Gasteiger partial charge in [-0.3, -0.25) is 0 Å². The molecule has 100 valence electrons. The van der Waals surface area contributed by atoms with Gasteiger partial charge in [0, 0.05) is 13.0 Å². The Labute approximate surface area is 98.3 Å². The fourth-order valence-corrected chi connectivity index (χ4v) is 1.40. The molecule has 0 aliphatic rings. The van der Waals surface area contributed by atoms with E-state index in [0.717, 1.165) is 0 Å². The molecule has 0 aromatic carbocycles. The maximum Gasteiger partial charge on any atom is 0.534 e. The molecule has 0 aliphatic carbocycles. The average Bonchev–Trinajstić information content (AvgIpc) is 2.16. The van der Waals surface area contributed by atoms with Crippen molar-refractivity contribution in [3.05, 3.63) is 24.6 Å². The average molecular weight is 273 g/mol. The van der Waals surface area contributed by atoms with Crippen LogP contribution in [0.15, 0.2) is 24.6 Å². The molecule has 0 aliphatic heterocycles. The van der Waals surface area contributed by atoms with E-state index in [1.54, 1.807) is 6.92 Å². The third kappa shape index (κ3) is 5.62. The van der Waals surface area contributed by atoms with E-state index in [-0.39, 0.29) is 18.7 Å². The Bertz CT molecular complexity index is 373. The van der Waals surface area contributed by atoms with Crippen LogP contribution in [-0.2, 0) is 14.3 Å². The number of rotatable bonds is 7. The van der Waals surface area contributed by atoms with Gasteiger partial charge in [-0.25, -0.2) is 0 Å². The van der Waals surface area contributed by atoms with E-state index in [1.165, 1.54) is 12.3 Å². The van der Waals surface area contributed by atoms with Gasteiger partial charge < -0.3 is 9.50 Å². The summed E-state index contributed by atoms with van der Waals surface area (Å²) in [5.41, 5.74) is -5.41. The predicted molar refractivity (Wildman–Crippen MR) is 57.3 cm³/mol. The van der Waals surface area contributed by atoms with E-state index in [4.69, 9.17) is 0 Å². The molecule has 4 nitrogen and oxygen atoms in total. The van der Waals surface area contributed by atoms with Gasteiger partial charge in [-0.1, -0.05) is 13.5 Å². The lowest BCUT2D eigenvalue weighted by molar-refractivity contribution is -0.0523. The highest BCUT2D eigenvalue weighted by molar-refractivity contribution is 7.87. The predicted octanol–water partition coefficient (Wildman–Crippen LogP) is 2.27. The molecule has 0 saturated carbocycles. The van der Waals surface area contributed by atoms with Crippen molar-refractivity contribution < 1.29 is 25.8 Å². The van der Waals surface area contributed by atoms with Gasteiger partial charge in [0.2, 0.25) is 0 Å². The Balaban J connectivity index is 4.76. The molecule has 0 amide bonds. The van der Waals surface area contributed by atoms with Gasteiger partial charge in [-0.2, -0.15) is 21.6 Å². The Morgan fingerprint density at radius 3 is 2.47 bits per heavy atom. The van der Waals surface area contributed by atoms with Crippen molar-refractivity contribution in [2.75, 3.05) is 6.54 Å². The van der Waals surface area contributed by atoms with Crippen molar-refractivity contribution in [1.82, 2.24) is 5.32 Å². The van der Waals surface area contributed by atoms with Crippen LogP contribution in [0.3, 0.4) is 0 Å². The van der Waals surface area contributed by atoms with E-state index in [1.807, 2.05) is 0 Å². The zero-order valence-electron chi connectivity index (χ0n) is 9.25. The van der Waals surface area contributed by atoms with E-state index in [2.05, 4.69) is 16.1 Å². The van der Waals surface area contributed by atoms with Gasteiger partial charge in [-0.05, 0) is 18.7 Å². The summed E-state index contributed by atoms with van der Waals surface area (Å²) in [5, 5.41) is 2.59. The van der Waals surface area contributed by atoms with Crippen molar-refractivity contribution in [3.63, 3.8) is 0 Å². The molecule has 0 bridgehead atoms. The molecule has 0 heterocycles. The highest BCUT2D eigenvalue weighted by atomic mass is 32.2. The van der Waals surface area contributed by atoms with Gasteiger partial charge in [-0.15, -0.1) is 0 Å². The summed E-state index contributed by atoms with van der Waals surface area (Å²) < 4.78 is 61.7. The van der Waals surface area contributed by atoms with Gasteiger partial charge >= 0.3 is 15.6 Å². The Morgan fingerprint density at radius 1 is 1.47 bits per heavy atom. The molecule has 0 radical (unpaired) electrons. The normalized spacial score (nSPS) is 13.3. The maximum atomic E-state index is 12.1. The number of hydrogen-bond acceptors (Lipinski definition) is 4. The number of allylic oxidation sites excluding steroid dienone is 1. The summed E-state index contributed by atoms with van der Waals surface area (Å²) in [5.74, 6) is -0.237. The van der Waals surface area contributed by atoms with Gasteiger partial charge in [0.05, 0.1) is 0 Å². The van der Waals surface area contributed by atoms with E-state index < -0.39 is 15.6 Å². The van der Waals surface area contributed by atoms with Crippen molar-refractivity contribution in [2.45, 2.75) is 25.3 Å². The first-order chi connectivity index (χ1) is 7.74. The summed E-state index contributed by atoms with van der Waals surface area (Å²) in [6.45, 7) is 5.18. The van der Waals surface area contributed by atoms with Gasteiger partial charge in [0.15, 0.2) is 0 Å². The molecule has 1 N–H and O–H groups in total. The van der Waals surface area contributed by atoms with Crippen LogP contribution in [-0.4, -0.2) is 20.5 Å². The quantitative estimate of drug-likeness (QED) is 0.334. The largest absolute Gasteiger partial charge is 0.534 e. The molecule has 0 fully saturated rings. The molecule has 0 atom stereocenters. The number of alkyl halides is 3. The summed E-state index contributed by atoms with van der Waals surface area (Å²) in [6, 6.07) is 0. The monoisotopic (exact) mass is 273 g/mol. The molecule has 0 aromatic heterocycles. The molecule has 0 saturated heterocycles. The Hall–Kier alpha value is -1.18. The smallest absolute Gasteiger partial charge is 0.388 e. The van der Waals surface area contributed by atoms with E-state index in [0.29, 0.717) is 6.42 Å². The zero-order valence-corrected chi connectivity index (χ0v) is 10.1. The maximum absolute atomic E-state index is 12.1. The highest BCUT2D eigenvalue weighted by Gasteiger charge is 2.48. The fraction of sp³-hybridized carbons (Fsp3) is 0.556. The molecular formula is C9H14F3NO3S. The molecule has 8 heteroatoms. The molecule has 0 aromatic rings. The van der Waals surface area contributed by atoms with Crippen LogP contribution >= 0.6 is 0 Å². The second-order valence-electron chi connectivity index (χ2n) is 3.02. The molecule has 0 rings (SSSR count). The van der Waals surface area contributed by atoms with Crippen LogP contribution < -0.4 is 5.32 Å². The van der Waals surface area contributed by atoms with Crippen LogP contribution in [0.25, 0.3) is 0 Å². The van der Waals surface area contributed by atoms with Crippen LogP contribution in [0, 0.1) is 0 Å². The second-order valence-corrected chi connectivity index (χ2v) is 4.55. The van der Waals surface area contributed by atoms with Gasteiger partial charge in [0.1, 0.15) is 5.76 Å². The lowest BCUT2D eigenvalue weighted by Crippen LogP contribution is -2.25. The molecule has 0 spiro atoms. The van der Waals surface area contributed by atoms with E-state index >= 15 is 0 Å². The standard InChI is InChI=1S/C9H14F3NO3S/c1-3-5-8(6-7-13-4-2)16-17(14,15)9(10,11)12/h4,6,13H,2-3,5,7H2,1H3/b8-6+. The first-order valence-corrected chi connectivity index (χ1v) is 6.19. The fourth-order valence-electron chi connectivity index (χ4n) is 0.868. The van der Waals surface area contributed by atoms with Crippen molar-refractivity contribution in [2.24, 2.45) is 0 Å². The third-order valence-corrected chi connectivity index (χ3v) is 2.59. The zero-order chi connectivity index (χ0) is 13.5. The van der Waals surface area contributed by atoms with Crippen LogP contribution in [0.1, 0.15) is 19.8 Å². The lowest BCUT2D eigenvalue weighted by atomic mass is 10.3.